The molecule has 0 radical (unpaired) electrons. The average Bonchev–Trinajstić information content (AvgIpc) is 2.28. The van der Waals surface area contributed by atoms with E-state index in [2.05, 4.69) is 6.58 Å². The van der Waals surface area contributed by atoms with Crippen LogP contribution in [0.4, 0.5) is 0 Å². The molecule has 1 aromatic carbocycles. The van der Waals surface area contributed by atoms with Crippen molar-refractivity contribution in [1.29, 1.82) is 0 Å². The highest BCUT2D eigenvalue weighted by Gasteiger charge is 2.09. The Morgan fingerprint density at radius 3 is 2.20 bits per heavy atom. The number of methoxy groups -OCH3 is 2. The maximum atomic E-state index is 9.78. The standard InChI is InChI=1S/C12H16O3/c1-4-5-12(13)9-6-10(14-2)8-11(7-9)15-3/h4,6-8,12-13H,1,5H2,2-3H3. The van der Waals surface area contributed by atoms with Crippen molar-refractivity contribution < 1.29 is 14.6 Å². The molecule has 0 fully saturated rings. The summed E-state index contributed by atoms with van der Waals surface area (Å²) in [6.07, 6.45) is 1.62. The Hall–Kier alpha value is -1.48. The van der Waals surface area contributed by atoms with Gasteiger partial charge in [0, 0.05) is 6.07 Å². The van der Waals surface area contributed by atoms with E-state index < -0.39 is 6.10 Å². The first-order chi connectivity index (χ1) is 7.21. The third kappa shape index (κ3) is 2.99. The third-order valence-corrected chi connectivity index (χ3v) is 2.15. The van der Waals surface area contributed by atoms with Gasteiger partial charge in [0.1, 0.15) is 11.5 Å². The van der Waals surface area contributed by atoms with Crippen molar-refractivity contribution in [2.45, 2.75) is 12.5 Å². The second-order valence-electron chi connectivity index (χ2n) is 3.19. The van der Waals surface area contributed by atoms with Gasteiger partial charge in [-0.15, -0.1) is 6.58 Å². The van der Waals surface area contributed by atoms with Crippen LogP contribution >= 0.6 is 0 Å². The molecular weight excluding hydrogens is 192 g/mol. The summed E-state index contributed by atoms with van der Waals surface area (Å²) < 4.78 is 10.2. The number of benzene rings is 1. The number of ether oxygens (including phenoxy) is 2. The predicted octanol–water partition coefficient (Wildman–Crippen LogP) is 2.31. The molecule has 3 nitrogen and oxygen atoms in total. The van der Waals surface area contributed by atoms with Crippen molar-refractivity contribution in [3.05, 3.63) is 36.4 Å². The molecule has 0 aliphatic rings. The highest BCUT2D eigenvalue weighted by Crippen LogP contribution is 2.27. The first-order valence-corrected chi connectivity index (χ1v) is 4.73. The first-order valence-electron chi connectivity index (χ1n) is 4.73. The van der Waals surface area contributed by atoms with Crippen LogP contribution in [0.25, 0.3) is 0 Å². The normalized spacial score (nSPS) is 11.9. The zero-order chi connectivity index (χ0) is 11.3. The minimum absolute atomic E-state index is 0.510. The molecule has 1 N–H and O–H groups in total. The maximum Gasteiger partial charge on any atom is 0.122 e. The van der Waals surface area contributed by atoms with E-state index >= 15 is 0 Å². The van der Waals surface area contributed by atoms with Crippen LogP contribution in [0.3, 0.4) is 0 Å². The van der Waals surface area contributed by atoms with Gasteiger partial charge in [0.25, 0.3) is 0 Å². The third-order valence-electron chi connectivity index (χ3n) is 2.15. The molecule has 0 aliphatic heterocycles. The van der Waals surface area contributed by atoms with E-state index in [-0.39, 0.29) is 0 Å². The zero-order valence-corrected chi connectivity index (χ0v) is 9.06. The molecule has 0 spiro atoms. The van der Waals surface area contributed by atoms with Crippen molar-refractivity contribution >= 4 is 0 Å². The smallest absolute Gasteiger partial charge is 0.122 e. The Balaban J connectivity index is 3.00. The van der Waals surface area contributed by atoms with Crippen molar-refractivity contribution in [3.63, 3.8) is 0 Å². The number of hydrogen-bond donors (Lipinski definition) is 1. The van der Waals surface area contributed by atoms with Crippen LogP contribution in [-0.2, 0) is 0 Å². The lowest BCUT2D eigenvalue weighted by molar-refractivity contribution is 0.180. The summed E-state index contributed by atoms with van der Waals surface area (Å²) in [6.45, 7) is 3.59. The quantitative estimate of drug-likeness (QED) is 0.755. The first kappa shape index (κ1) is 11.6. The summed E-state index contributed by atoms with van der Waals surface area (Å²) in [5.74, 6) is 1.35. The van der Waals surface area contributed by atoms with Crippen molar-refractivity contribution in [2.24, 2.45) is 0 Å². The minimum atomic E-state index is -0.563. The Labute approximate surface area is 90.0 Å². The lowest BCUT2D eigenvalue weighted by Crippen LogP contribution is -1.97. The topological polar surface area (TPSA) is 38.7 Å². The van der Waals surface area contributed by atoms with E-state index in [0.717, 1.165) is 5.56 Å². The summed E-state index contributed by atoms with van der Waals surface area (Å²) in [4.78, 5) is 0. The number of hydrogen-bond acceptors (Lipinski definition) is 3. The van der Waals surface area contributed by atoms with Crippen LogP contribution < -0.4 is 9.47 Å². The van der Waals surface area contributed by atoms with E-state index in [0.29, 0.717) is 17.9 Å². The molecule has 1 unspecified atom stereocenters. The lowest BCUT2D eigenvalue weighted by Gasteiger charge is -2.12. The molecule has 0 amide bonds. The van der Waals surface area contributed by atoms with Gasteiger partial charge in [0.15, 0.2) is 0 Å². The van der Waals surface area contributed by atoms with Crippen LogP contribution in [-0.4, -0.2) is 19.3 Å². The average molecular weight is 208 g/mol. The van der Waals surface area contributed by atoms with Crippen LogP contribution in [0.5, 0.6) is 11.5 Å². The SMILES string of the molecule is C=CCC(O)c1cc(OC)cc(OC)c1. The Morgan fingerprint density at radius 1 is 1.27 bits per heavy atom. The summed E-state index contributed by atoms with van der Waals surface area (Å²) in [7, 11) is 3.16. The summed E-state index contributed by atoms with van der Waals surface area (Å²) in [5, 5.41) is 9.78. The molecule has 1 rings (SSSR count). The second-order valence-corrected chi connectivity index (χ2v) is 3.19. The molecule has 0 saturated heterocycles. The molecule has 0 aliphatic carbocycles. The lowest BCUT2D eigenvalue weighted by atomic mass is 10.1. The number of aliphatic hydroxyl groups is 1. The molecule has 82 valence electrons. The monoisotopic (exact) mass is 208 g/mol. The van der Waals surface area contributed by atoms with Gasteiger partial charge in [-0.1, -0.05) is 6.08 Å². The van der Waals surface area contributed by atoms with Crippen molar-refractivity contribution in [3.8, 4) is 11.5 Å². The molecule has 0 heterocycles. The molecule has 0 aromatic heterocycles. The Bertz CT molecular complexity index is 311. The number of aliphatic hydroxyl groups excluding tert-OH is 1. The molecule has 15 heavy (non-hydrogen) atoms. The Morgan fingerprint density at radius 2 is 1.80 bits per heavy atom. The van der Waals surface area contributed by atoms with Gasteiger partial charge in [-0.25, -0.2) is 0 Å². The molecule has 3 heteroatoms. The van der Waals surface area contributed by atoms with Crippen molar-refractivity contribution in [1.82, 2.24) is 0 Å². The molecule has 1 atom stereocenters. The fraction of sp³-hybridized carbons (Fsp3) is 0.333. The molecule has 0 bridgehead atoms. The van der Waals surface area contributed by atoms with E-state index in [4.69, 9.17) is 9.47 Å². The van der Waals surface area contributed by atoms with Crippen LogP contribution in [0.15, 0.2) is 30.9 Å². The van der Waals surface area contributed by atoms with Crippen LogP contribution in [0.1, 0.15) is 18.1 Å². The van der Waals surface area contributed by atoms with E-state index in [1.807, 2.05) is 0 Å². The maximum absolute atomic E-state index is 9.78. The predicted molar refractivity (Wildman–Crippen MR) is 59.3 cm³/mol. The Kier molecular flexibility index (Phi) is 4.18. The van der Waals surface area contributed by atoms with Crippen molar-refractivity contribution in [2.75, 3.05) is 14.2 Å². The zero-order valence-electron chi connectivity index (χ0n) is 9.06. The van der Waals surface area contributed by atoms with Crippen LogP contribution in [0.2, 0.25) is 0 Å². The summed E-state index contributed by atoms with van der Waals surface area (Å²) >= 11 is 0. The highest BCUT2D eigenvalue weighted by molar-refractivity contribution is 5.39. The fourth-order valence-corrected chi connectivity index (χ4v) is 1.32. The second kappa shape index (κ2) is 5.41. The van der Waals surface area contributed by atoms with Gasteiger partial charge in [-0.05, 0) is 24.1 Å². The van der Waals surface area contributed by atoms with Crippen LogP contribution in [0, 0.1) is 0 Å². The summed E-state index contributed by atoms with van der Waals surface area (Å²) in [6, 6.07) is 5.34. The van der Waals surface area contributed by atoms with Gasteiger partial charge in [-0.3, -0.25) is 0 Å². The minimum Gasteiger partial charge on any atom is -0.497 e. The summed E-state index contributed by atoms with van der Waals surface area (Å²) in [5.41, 5.74) is 0.770. The van der Waals surface area contributed by atoms with Gasteiger partial charge in [0.05, 0.1) is 20.3 Å². The van der Waals surface area contributed by atoms with Gasteiger partial charge < -0.3 is 14.6 Å². The number of rotatable bonds is 5. The van der Waals surface area contributed by atoms with Gasteiger partial charge in [-0.2, -0.15) is 0 Å². The van der Waals surface area contributed by atoms with Gasteiger partial charge >= 0.3 is 0 Å². The highest BCUT2D eigenvalue weighted by atomic mass is 16.5. The van der Waals surface area contributed by atoms with E-state index in [1.54, 1.807) is 38.5 Å². The fourth-order valence-electron chi connectivity index (χ4n) is 1.32. The largest absolute Gasteiger partial charge is 0.497 e. The molecule has 1 aromatic rings. The van der Waals surface area contributed by atoms with E-state index in [9.17, 15) is 5.11 Å². The van der Waals surface area contributed by atoms with E-state index in [1.165, 1.54) is 0 Å². The molecule has 0 saturated carbocycles. The van der Waals surface area contributed by atoms with Gasteiger partial charge in [0.2, 0.25) is 0 Å². The molecular formula is C12H16O3.